The Bertz CT molecular complexity index is 354. The van der Waals surface area contributed by atoms with E-state index in [1.807, 2.05) is 18.2 Å². The van der Waals surface area contributed by atoms with Gasteiger partial charge < -0.3 is 4.74 Å². The summed E-state index contributed by atoms with van der Waals surface area (Å²) in [6.45, 7) is 5.89. The molecule has 0 fully saturated rings. The summed E-state index contributed by atoms with van der Waals surface area (Å²) in [5.74, 6) is 1.40. The molecule has 0 aliphatic rings. The van der Waals surface area contributed by atoms with E-state index in [4.69, 9.17) is 4.74 Å². The molecule has 2 heteroatoms. The van der Waals surface area contributed by atoms with Gasteiger partial charge in [-0.05, 0) is 37.0 Å². The molecule has 0 bridgehead atoms. The molecule has 0 atom stereocenters. The van der Waals surface area contributed by atoms with Crippen molar-refractivity contribution in [2.75, 3.05) is 7.11 Å². The van der Waals surface area contributed by atoms with Crippen LogP contribution in [0.25, 0.3) is 0 Å². The van der Waals surface area contributed by atoms with E-state index in [1.54, 1.807) is 14.0 Å². The lowest BCUT2D eigenvalue weighted by Gasteiger charge is -2.11. The third-order valence-corrected chi connectivity index (χ3v) is 2.32. The van der Waals surface area contributed by atoms with Gasteiger partial charge in [-0.3, -0.25) is 4.79 Å². The number of methoxy groups -OCH3 is 1. The predicted molar refractivity (Wildman–Crippen MR) is 61.5 cm³/mol. The summed E-state index contributed by atoms with van der Waals surface area (Å²) in [5, 5.41) is 0. The van der Waals surface area contributed by atoms with Gasteiger partial charge in [0.2, 0.25) is 0 Å². The second-order valence-corrected chi connectivity index (χ2v) is 4.18. The average molecular weight is 206 g/mol. The van der Waals surface area contributed by atoms with Crippen LogP contribution in [0.2, 0.25) is 0 Å². The van der Waals surface area contributed by atoms with Gasteiger partial charge in [0.25, 0.3) is 0 Å². The number of hydrogen-bond donors (Lipinski definition) is 0. The molecule has 0 radical (unpaired) electrons. The number of carbonyl (C=O) groups excluding carboxylic acids is 1. The molecule has 2 nitrogen and oxygen atoms in total. The molecule has 0 amide bonds. The van der Waals surface area contributed by atoms with Crippen LogP contribution in [-0.2, 0) is 6.42 Å². The Balaban J connectivity index is 3.09. The summed E-state index contributed by atoms with van der Waals surface area (Å²) in [6, 6.07) is 5.71. The van der Waals surface area contributed by atoms with Crippen molar-refractivity contribution in [2.45, 2.75) is 27.2 Å². The molecule has 15 heavy (non-hydrogen) atoms. The smallest absolute Gasteiger partial charge is 0.160 e. The van der Waals surface area contributed by atoms with Crippen molar-refractivity contribution >= 4 is 5.78 Å². The Morgan fingerprint density at radius 1 is 1.40 bits per heavy atom. The fourth-order valence-electron chi connectivity index (χ4n) is 1.63. The topological polar surface area (TPSA) is 26.3 Å². The minimum atomic E-state index is 0.101. The van der Waals surface area contributed by atoms with Gasteiger partial charge in [-0.15, -0.1) is 0 Å². The van der Waals surface area contributed by atoms with Gasteiger partial charge >= 0.3 is 0 Å². The molecule has 0 saturated heterocycles. The highest BCUT2D eigenvalue weighted by atomic mass is 16.5. The second-order valence-electron chi connectivity index (χ2n) is 4.18. The minimum absolute atomic E-state index is 0.101. The zero-order valence-electron chi connectivity index (χ0n) is 9.83. The number of benzene rings is 1. The number of hydrogen-bond acceptors (Lipinski definition) is 2. The molecule has 1 aromatic carbocycles. The lowest BCUT2D eigenvalue weighted by atomic mass is 9.96. The predicted octanol–water partition coefficient (Wildman–Crippen LogP) is 3.10. The highest BCUT2D eigenvalue weighted by Gasteiger charge is 2.09. The number of carbonyl (C=O) groups is 1. The van der Waals surface area contributed by atoms with E-state index in [0.717, 1.165) is 23.3 Å². The molecule has 0 aliphatic heterocycles. The molecule has 0 aliphatic carbocycles. The monoisotopic (exact) mass is 206 g/mol. The van der Waals surface area contributed by atoms with Crippen molar-refractivity contribution in [1.29, 1.82) is 0 Å². The van der Waals surface area contributed by atoms with E-state index in [9.17, 15) is 4.79 Å². The molecular weight excluding hydrogens is 188 g/mol. The molecule has 0 heterocycles. The Kier molecular flexibility index (Phi) is 3.89. The highest BCUT2D eigenvalue weighted by Crippen LogP contribution is 2.20. The molecule has 82 valence electrons. The summed E-state index contributed by atoms with van der Waals surface area (Å²) in [6.07, 6.45) is 0.929. The quantitative estimate of drug-likeness (QED) is 0.707. The third-order valence-electron chi connectivity index (χ3n) is 2.32. The first-order valence-corrected chi connectivity index (χ1v) is 5.22. The van der Waals surface area contributed by atoms with Crippen LogP contribution in [0, 0.1) is 5.92 Å². The van der Waals surface area contributed by atoms with Gasteiger partial charge in [-0.2, -0.15) is 0 Å². The van der Waals surface area contributed by atoms with Crippen LogP contribution < -0.4 is 4.74 Å². The molecule has 0 aromatic heterocycles. The van der Waals surface area contributed by atoms with Crippen LogP contribution in [0.15, 0.2) is 18.2 Å². The van der Waals surface area contributed by atoms with Crippen molar-refractivity contribution in [3.8, 4) is 5.75 Å². The van der Waals surface area contributed by atoms with Gasteiger partial charge in [0.05, 0.1) is 7.11 Å². The van der Waals surface area contributed by atoms with E-state index >= 15 is 0 Å². The molecule has 0 saturated carbocycles. The molecule has 0 spiro atoms. The second kappa shape index (κ2) is 4.96. The van der Waals surface area contributed by atoms with E-state index in [0.29, 0.717) is 5.92 Å². The summed E-state index contributed by atoms with van der Waals surface area (Å²) >= 11 is 0. The van der Waals surface area contributed by atoms with Crippen molar-refractivity contribution in [3.63, 3.8) is 0 Å². The SMILES string of the molecule is COc1ccc(CC(C)C)c(C(C)=O)c1. The van der Waals surface area contributed by atoms with E-state index in [2.05, 4.69) is 13.8 Å². The maximum atomic E-state index is 11.5. The van der Waals surface area contributed by atoms with Gasteiger partial charge in [-0.25, -0.2) is 0 Å². The van der Waals surface area contributed by atoms with Gasteiger partial charge in [0.1, 0.15) is 5.75 Å². The maximum Gasteiger partial charge on any atom is 0.160 e. The summed E-state index contributed by atoms with van der Waals surface area (Å²) in [7, 11) is 1.61. The van der Waals surface area contributed by atoms with Crippen LogP contribution in [0.4, 0.5) is 0 Å². The minimum Gasteiger partial charge on any atom is -0.497 e. The van der Waals surface area contributed by atoms with Crippen molar-refractivity contribution < 1.29 is 9.53 Å². The summed E-state index contributed by atoms with van der Waals surface area (Å²) < 4.78 is 5.11. The zero-order chi connectivity index (χ0) is 11.4. The molecule has 1 rings (SSSR count). The average Bonchev–Trinajstić information content (AvgIpc) is 2.17. The molecule has 0 N–H and O–H groups in total. The van der Waals surface area contributed by atoms with Crippen LogP contribution >= 0.6 is 0 Å². The Morgan fingerprint density at radius 3 is 2.53 bits per heavy atom. The molecular formula is C13H18O2. The lowest BCUT2D eigenvalue weighted by Crippen LogP contribution is -2.03. The van der Waals surface area contributed by atoms with Crippen LogP contribution in [0.3, 0.4) is 0 Å². The molecule has 1 aromatic rings. The third kappa shape index (κ3) is 3.08. The normalized spacial score (nSPS) is 10.5. The standard InChI is InChI=1S/C13H18O2/c1-9(2)7-11-5-6-12(15-4)8-13(11)10(3)14/h5-6,8-9H,7H2,1-4H3. The van der Waals surface area contributed by atoms with Crippen LogP contribution in [0.1, 0.15) is 36.7 Å². The fraction of sp³-hybridized carbons (Fsp3) is 0.462. The first-order valence-electron chi connectivity index (χ1n) is 5.22. The first kappa shape index (κ1) is 11.8. The van der Waals surface area contributed by atoms with E-state index in [1.165, 1.54) is 0 Å². The Hall–Kier alpha value is -1.31. The van der Waals surface area contributed by atoms with Gasteiger partial charge in [-0.1, -0.05) is 19.9 Å². The highest BCUT2D eigenvalue weighted by molar-refractivity contribution is 5.96. The van der Waals surface area contributed by atoms with Gasteiger partial charge in [0, 0.05) is 5.56 Å². The first-order chi connectivity index (χ1) is 7.04. The number of rotatable bonds is 4. The Morgan fingerprint density at radius 2 is 2.07 bits per heavy atom. The van der Waals surface area contributed by atoms with Crippen molar-refractivity contribution in [2.24, 2.45) is 5.92 Å². The lowest BCUT2D eigenvalue weighted by molar-refractivity contribution is 0.101. The van der Waals surface area contributed by atoms with Crippen LogP contribution in [-0.4, -0.2) is 12.9 Å². The summed E-state index contributed by atoms with van der Waals surface area (Å²) in [4.78, 5) is 11.5. The van der Waals surface area contributed by atoms with Crippen molar-refractivity contribution in [3.05, 3.63) is 29.3 Å². The van der Waals surface area contributed by atoms with E-state index < -0.39 is 0 Å². The molecule has 0 unspecified atom stereocenters. The Labute approximate surface area is 91.3 Å². The zero-order valence-corrected chi connectivity index (χ0v) is 9.83. The maximum absolute atomic E-state index is 11.5. The van der Waals surface area contributed by atoms with Gasteiger partial charge in [0.15, 0.2) is 5.78 Å². The van der Waals surface area contributed by atoms with E-state index in [-0.39, 0.29) is 5.78 Å². The number of ketones is 1. The summed E-state index contributed by atoms with van der Waals surface area (Å²) in [5.41, 5.74) is 1.89. The largest absolute Gasteiger partial charge is 0.497 e. The fourth-order valence-corrected chi connectivity index (χ4v) is 1.63. The van der Waals surface area contributed by atoms with Crippen LogP contribution in [0.5, 0.6) is 5.75 Å². The number of Topliss-reactive ketones (excluding diaryl/α,β-unsaturated/α-hetero) is 1. The van der Waals surface area contributed by atoms with Crippen molar-refractivity contribution in [1.82, 2.24) is 0 Å². The number of ether oxygens (including phenoxy) is 1.